The Balaban J connectivity index is 1.67. The molecule has 0 bridgehead atoms. The summed E-state index contributed by atoms with van der Waals surface area (Å²) in [4.78, 5) is 11.6. The molecule has 0 aliphatic carbocycles. The lowest BCUT2D eigenvalue weighted by molar-refractivity contribution is 0.749. The van der Waals surface area contributed by atoms with E-state index in [0.717, 1.165) is 47.6 Å². The quantitative estimate of drug-likeness (QED) is 0.699. The number of para-hydroxylation sites is 1. The van der Waals surface area contributed by atoms with Gasteiger partial charge in [-0.3, -0.25) is 0 Å². The summed E-state index contributed by atoms with van der Waals surface area (Å²) in [5, 5.41) is 4.06. The average molecular weight is 351 g/mol. The summed E-state index contributed by atoms with van der Waals surface area (Å²) in [6.07, 6.45) is 2.21. The van der Waals surface area contributed by atoms with Crippen LogP contribution in [-0.4, -0.2) is 16.5 Å². The maximum atomic E-state index is 5.95. The zero-order valence-corrected chi connectivity index (χ0v) is 14.8. The van der Waals surface area contributed by atoms with Crippen molar-refractivity contribution in [1.29, 1.82) is 0 Å². The first-order chi connectivity index (χ1) is 12.2. The molecule has 25 heavy (non-hydrogen) atoms. The van der Waals surface area contributed by atoms with Crippen LogP contribution in [0, 0.1) is 6.92 Å². The third kappa shape index (κ3) is 3.44. The fraction of sp³-hybridized carbons (Fsp3) is 0.200. The van der Waals surface area contributed by atoms with Crippen molar-refractivity contribution >= 4 is 34.7 Å². The van der Waals surface area contributed by atoms with Crippen LogP contribution in [0.25, 0.3) is 0 Å². The summed E-state index contributed by atoms with van der Waals surface area (Å²) < 4.78 is 0. The minimum absolute atomic E-state index is 0.718. The highest BCUT2D eigenvalue weighted by Gasteiger charge is 2.20. The molecule has 5 heteroatoms. The number of hydrogen-bond donors (Lipinski definition) is 1. The van der Waals surface area contributed by atoms with E-state index < -0.39 is 0 Å². The minimum atomic E-state index is 0.718. The molecule has 1 aromatic heterocycles. The van der Waals surface area contributed by atoms with E-state index in [4.69, 9.17) is 16.6 Å². The van der Waals surface area contributed by atoms with E-state index in [-0.39, 0.29) is 0 Å². The Morgan fingerprint density at radius 2 is 1.84 bits per heavy atom. The third-order valence-electron chi connectivity index (χ3n) is 4.31. The van der Waals surface area contributed by atoms with Gasteiger partial charge >= 0.3 is 0 Å². The lowest BCUT2D eigenvalue weighted by Crippen LogP contribution is -2.26. The number of nitrogens with one attached hydrogen (secondary N) is 1. The molecule has 0 atom stereocenters. The highest BCUT2D eigenvalue weighted by atomic mass is 35.5. The predicted octanol–water partition coefficient (Wildman–Crippen LogP) is 5.27. The van der Waals surface area contributed by atoms with Crippen molar-refractivity contribution in [3.8, 4) is 0 Å². The first kappa shape index (κ1) is 15.9. The molecule has 1 aliphatic heterocycles. The molecule has 1 N–H and O–H groups in total. The van der Waals surface area contributed by atoms with Crippen LogP contribution in [0.2, 0.25) is 5.02 Å². The van der Waals surface area contributed by atoms with Crippen molar-refractivity contribution in [2.75, 3.05) is 16.8 Å². The van der Waals surface area contributed by atoms with Gasteiger partial charge in [0.15, 0.2) is 0 Å². The Morgan fingerprint density at radius 3 is 2.68 bits per heavy atom. The Hall–Kier alpha value is -2.59. The minimum Gasteiger partial charge on any atom is -0.340 e. The SMILES string of the molecule is Cc1cc(Nc2ccc(Cl)cc2)nc(N2CCCc3ccccc32)n1. The number of aryl methyl sites for hydroxylation is 2. The summed E-state index contributed by atoms with van der Waals surface area (Å²) in [6.45, 7) is 2.93. The second-order valence-corrected chi connectivity index (χ2v) is 6.65. The molecule has 3 aromatic rings. The summed E-state index contributed by atoms with van der Waals surface area (Å²) in [7, 11) is 0. The molecule has 0 saturated carbocycles. The summed E-state index contributed by atoms with van der Waals surface area (Å²) in [6, 6.07) is 18.0. The molecular weight excluding hydrogens is 332 g/mol. The van der Waals surface area contributed by atoms with Gasteiger partial charge in [-0.25, -0.2) is 4.98 Å². The molecule has 0 spiro atoms. The van der Waals surface area contributed by atoms with Gasteiger partial charge in [-0.05, 0) is 55.7 Å². The van der Waals surface area contributed by atoms with Crippen LogP contribution in [-0.2, 0) is 6.42 Å². The van der Waals surface area contributed by atoms with E-state index in [9.17, 15) is 0 Å². The molecule has 4 nitrogen and oxygen atoms in total. The lowest BCUT2D eigenvalue weighted by Gasteiger charge is -2.29. The van der Waals surface area contributed by atoms with E-state index in [0.29, 0.717) is 0 Å². The van der Waals surface area contributed by atoms with Gasteiger partial charge in [-0.2, -0.15) is 4.98 Å². The number of aromatic nitrogens is 2. The van der Waals surface area contributed by atoms with Crippen LogP contribution in [0.1, 0.15) is 17.7 Å². The van der Waals surface area contributed by atoms with Crippen LogP contribution in [0.15, 0.2) is 54.6 Å². The first-order valence-electron chi connectivity index (χ1n) is 8.43. The van der Waals surface area contributed by atoms with Crippen LogP contribution in [0.4, 0.5) is 23.1 Å². The molecule has 0 unspecified atom stereocenters. The van der Waals surface area contributed by atoms with Gasteiger partial charge in [-0.1, -0.05) is 29.8 Å². The molecule has 2 aromatic carbocycles. The summed E-state index contributed by atoms with van der Waals surface area (Å²) in [5.41, 5.74) is 4.44. The third-order valence-corrected chi connectivity index (χ3v) is 4.56. The standard InChI is InChI=1S/C20H19ClN4/c1-14-13-19(23-17-10-8-16(21)9-11-17)24-20(22-14)25-12-4-6-15-5-2-3-7-18(15)25/h2-3,5,7-11,13H,4,6,12H2,1H3,(H,22,23,24). The molecule has 0 fully saturated rings. The van der Waals surface area contributed by atoms with Gasteiger partial charge in [0.2, 0.25) is 5.95 Å². The second-order valence-electron chi connectivity index (χ2n) is 6.21. The van der Waals surface area contributed by atoms with E-state index in [1.165, 1.54) is 11.3 Å². The zero-order valence-electron chi connectivity index (χ0n) is 14.0. The van der Waals surface area contributed by atoms with E-state index >= 15 is 0 Å². The normalized spacial score (nSPS) is 13.4. The predicted molar refractivity (Wildman–Crippen MR) is 103 cm³/mol. The molecule has 0 amide bonds. The number of halogens is 1. The van der Waals surface area contributed by atoms with Crippen LogP contribution < -0.4 is 10.2 Å². The Labute approximate surface area is 152 Å². The molecular formula is C20H19ClN4. The van der Waals surface area contributed by atoms with Crippen molar-refractivity contribution in [2.24, 2.45) is 0 Å². The average Bonchev–Trinajstić information content (AvgIpc) is 2.63. The highest BCUT2D eigenvalue weighted by Crippen LogP contribution is 2.32. The summed E-state index contributed by atoms with van der Waals surface area (Å²) >= 11 is 5.95. The molecule has 4 rings (SSSR count). The van der Waals surface area contributed by atoms with Crippen LogP contribution >= 0.6 is 11.6 Å². The number of benzene rings is 2. The van der Waals surface area contributed by atoms with Gasteiger partial charge in [0.05, 0.1) is 0 Å². The van der Waals surface area contributed by atoms with Crippen molar-refractivity contribution < 1.29 is 0 Å². The Bertz CT molecular complexity index is 892. The van der Waals surface area contributed by atoms with Gasteiger partial charge in [0, 0.05) is 34.7 Å². The molecule has 2 heterocycles. The van der Waals surface area contributed by atoms with Crippen molar-refractivity contribution in [3.63, 3.8) is 0 Å². The van der Waals surface area contributed by atoms with E-state index in [2.05, 4.69) is 39.5 Å². The van der Waals surface area contributed by atoms with Gasteiger partial charge < -0.3 is 10.2 Å². The lowest BCUT2D eigenvalue weighted by atomic mass is 10.0. The maximum absolute atomic E-state index is 5.95. The fourth-order valence-electron chi connectivity index (χ4n) is 3.16. The largest absolute Gasteiger partial charge is 0.340 e. The highest BCUT2D eigenvalue weighted by molar-refractivity contribution is 6.30. The Kier molecular flexibility index (Phi) is 4.28. The number of rotatable bonds is 3. The first-order valence-corrected chi connectivity index (χ1v) is 8.80. The topological polar surface area (TPSA) is 41.1 Å². The number of hydrogen-bond acceptors (Lipinski definition) is 4. The second kappa shape index (κ2) is 6.73. The number of nitrogens with zero attached hydrogens (tertiary/aromatic N) is 3. The summed E-state index contributed by atoms with van der Waals surface area (Å²) in [5.74, 6) is 1.52. The molecule has 126 valence electrons. The van der Waals surface area contributed by atoms with Crippen molar-refractivity contribution in [1.82, 2.24) is 9.97 Å². The molecule has 0 radical (unpaired) electrons. The zero-order chi connectivity index (χ0) is 17.2. The maximum Gasteiger partial charge on any atom is 0.232 e. The van der Waals surface area contributed by atoms with Crippen LogP contribution in [0.5, 0.6) is 0 Å². The monoisotopic (exact) mass is 350 g/mol. The number of anilines is 4. The van der Waals surface area contributed by atoms with Gasteiger partial charge in [0.25, 0.3) is 0 Å². The molecule has 1 aliphatic rings. The van der Waals surface area contributed by atoms with Crippen LogP contribution in [0.3, 0.4) is 0 Å². The molecule has 0 saturated heterocycles. The van der Waals surface area contributed by atoms with Crippen molar-refractivity contribution in [3.05, 3.63) is 70.9 Å². The fourth-order valence-corrected chi connectivity index (χ4v) is 3.29. The smallest absolute Gasteiger partial charge is 0.232 e. The van der Waals surface area contributed by atoms with Gasteiger partial charge in [0.1, 0.15) is 5.82 Å². The Morgan fingerprint density at radius 1 is 1.04 bits per heavy atom. The van der Waals surface area contributed by atoms with Crippen molar-refractivity contribution in [2.45, 2.75) is 19.8 Å². The van der Waals surface area contributed by atoms with Gasteiger partial charge in [-0.15, -0.1) is 0 Å². The van der Waals surface area contributed by atoms with E-state index in [1.807, 2.05) is 37.3 Å². The number of fused-ring (bicyclic) bond motifs is 1. The van der Waals surface area contributed by atoms with E-state index in [1.54, 1.807) is 0 Å².